The third kappa shape index (κ3) is 8.95. The summed E-state index contributed by atoms with van der Waals surface area (Å²) in [5, 5.41) is 1.29. The normalized spacial score (nSPS) is 11.3. The Morgan fingerprint density at radius 3 is 1.91 bits per heavy atom. The fourth-order valence-electron chi connectivity index (χ4n) is 2.36. The van der Waals surface area contributed by atoms with E-state index < -0.39 is 6.29 Å². The molecule has 0 spiro atoms. The number of rotatable bonds is 13. The Hall–Kier alpha value is -0.280. The van der Waals surface area contributed by atoms with E-state index in [0.717, 1.165) is 18.4 Å². The molecular weight excluding hydrogens is 331 g/mol. The number of unbranched alkanes of at least 4 members (excludes halogenated alkanes) is 6. The van der Waals surface area contributed by atoms with Crippen molar-refractivity contribution in [3.8, 4) is 0 Å². The summed E-state index contributed by atoms with van der Waals surface area (Å²) in [7, 11) is 0. The molecule has 0 amide bonds. The van der Waals surface area contributed by atoms with E-state index in [1.165, 1.54) is 38.5 Å². The Balaban J connectivity index is 2.54. The SMILES string of the molecule is CCCCCCOC(OCCCCCC)c1cc(Cl)ccc1Cl. The molecule has 0 bridgehead atoms. The lowest BCUT2D eigenvalue weighted by Gasteiger charge is -2.20. The summed E-state index contributed by atoms with van der Waals surface area (Å²) in [6.07, 6.45) is 8.95. The van der Waals surface area contributed by atoms with Crippen LogP contribution < -0.4 is 0 Å². The highest BCUT2D eigenvalue weighted by atomic mass is 35.5. The lowest BCUT2D eigenvalue weighted by molar-refractivity contribution is -0.148. The number of hydrogen-bond donors (Lipinski definition) is 0. The molecule has 1 aromatic carbocycles. The second-order valence-corrected chi connectivity index (χ2v) is 6.70. The Bertz CT molecular complexity index is 410. The lowest BCUT2D eigenvalue weighted by atomic mass is 10.2. The predicted octanol–water partition coefficient (Wildman–Crippen LogP) is 7.19. The summed E-state index contributed by atoms with van der Waals surface area (Å²) >= 11 is 12.4. The smallest absolute Gasteiger partial charge is 0.185 e. The van der Waals surface area contributed by atoms with Gasteiger partial charge in [-0.2, -0.15) is 0 Å². The molecular formula is C19H30Cl2O2. The summed E-state index contributed by atoms with van der Waals surface area (Å²) in [6, 6.07) is 5.42. The summed E-state index contributed by atoms with van der Waals surface area (Å²) in [4.78, 5) is 0. The zero-order valence-electron chi connectivity index (χ0n) is 14.5. The first-order valence-electron chi connectivity index (χ1n) is 8.87. The minimum absolute atomic E-state index is 0.426. The summed E-state index contributed by atoms with van der Waals surface area (Å²) < 4.78 is 11.9. The highest BCUT2D eigenvalue weighted by Crippen LogP contribution is 2.30. The molecule has 1 aromatic rings. The highest BCUT2D eigenvalue weighted by molar-refractivity contribution is 6.33. The largest absolute Gasteiger partial charge is 0.348 e. The first kappa shape index (κ1) is 20.8. The van der Waals surface area contributed by atoms with Gasteiger partial charge in [0.1, 0.15) is 0 Å². The van der Waals surface area contributed by atoms with Gasteiger partial charge in [0.25, 0.3) is 0 Å². The third-order valence-corrected chi connectivity index (χ3v) is 4.33. The van der Waals surface area contributed by atoms with Crippen LogP contribution in [0, 0.1) is 0 Å². The first-order valence-corrected chi connectivity index (χ1v) is 9.62. The van der Waals surface area contributed by atoms with Crippen LogP contribution in [-0.4, -0.2) is 13.2 Å². The van der Waals surface area contributed by atoms with E-state index in [2.05, 4.69) is 13.8 Å². The molecule has 0 fully saturated rings. The van der Waals surface area contributed by atoms with Crippen molar-refractivity contribution in [2.24, 2.45) is 0 Å². The van der Waals surface area contributed by atoms with E-state index in [9.17, 15) is 0 Å². The van der Waals surface area contributed by atoms with Gasteiger partial charge in [-0.1, -0.05) is 75.6 Å². The standard InChI is InChI=1S/C19H30Cl2O2/c1-3-5-7-9-13-22-19(23-14-10-8-6-4-2)17-15-16(20)11-12-18(17)21/h11-12,15,19H,3-10,13-14H2,1-2H3. The van der Waals surface area contributed by atoms with Crippen LogP contribution in [-0.2, 0) is 9.47 Å². The second-order valence-electron chi connectivity index (χ2n) is 5.86. The highest BCUT2D eigenvalue weighted by Gasteiger charge is 2.16. The topological polar surface area (TPSA) is 18.5 Å². The fourth-order valence-corrected chi connectivity index (χ4v) is 2.75. The average molecular weight is 361 g/mol. The van der Waals surface area contributed by atoms with Gasteiger partial charge in [0.05, 0.1) is 13.2 Å². The Labute approximate surface area is 151 Å². The molecule has 0 N–H and O–H groups in total. The summed E-state index contributed by atoms with van der Waals surface area (Å²) in [5.41, 5.74) is 0.824. The Morgan fingerprint density at radius 2 is 1.39 bits per heavy atom. The van der Waals surface area contributed by atoms with Crippen LogP contribution in [0.25, 0.3) is 0 Å². The quantitative estimate of drug-likeness (QED) is 0.273. The second kappa shape index (κ2) is 13.1. The van der Waals surface area contributed by atoms with Crippen molar-refractivity contribution in [2.45, 2.75) is 71.5 Å². The van der Waals surface area contributed by atoms with Crippen molar-refractivity contribution in [3.63, 3.8) is 0 Å². The van der Waals surface area contributed by atoms with E-state index >= 15 is 0 Å². The van der Waals surface area contributed by atoms with Crippen molar-refractivity contribution >= 4 is 23.2 Å². The Kier molecular flexibility index (Phi) is 11.8. The molecule has 0 aliphatic carbocycles. The zero-order valence-corrected chi connectivity index (χ0v) is 16.0. The van der Waals surface area contributed by atoms with Gasteiger partial charge < -0.3 is 9.47 Å². The van der Waals surface area contributed by atoms with E-state index in [4.69, 9.17) is 32.7 Å². The monoisotopic (exact) mass is 360 g/mol. The molecule has 1 rings (SSSR count). The molecule has 0 saturated carbocycles. The first-order chi connectivity index (χ1) is 11.2. The zero-order chi connectivity index (χ0) is 16.9. The fraction of sp³-hybridized carbons (Fsp3) is 0.684. The lowest BCUT2D eigenvalue weighted by Crippen LogP contribution is -2.12. The van der Waals surface area contributed by atoms with E-state index in [1.807, 2.05) is 6.07 Å². The van der Waals surface area contributed by atoms with Gasteiger partial charge in [-0.3, -0.25) is 0 Å². The van der Waals surface area contributed by atoms with Gasteiger partial charge in [0, 0.05) is 15.6 Å². The van der Waals surface area contributed by atoms with Crippen molar-refractivity contribution in [1.29, 1.82) is 0 Å². The maximum Gasteiger partial charge on any atom is 0.185 e. The van der Waals surface area contributed by atoms with E-state index in [0.29, 0.717) is 23.3 Å². The van der Waals surface area contributed by atoms with Crippen LogP contribution >= 0.6 is 23.2 Å². The molecule has 23 heavy (non-hydrogen) atoms. The van der Waals surface area contributed by atoms with Crippen LogP contribution in [0.4, 0.5) is 0 Å². The Morgan fingerprint density at radius 1 is 0.826 bits per heavy atom. The molecule has 0 heterocycles. The van der Waals surface area contributed by atoms with Crippen molar-refractivity contribution in [3.05, 3.63) is 33.8 Å². The van der Waals surface area contributed by atoms with Gasteiger partial charge in [-0.25, -0.2) is 0 Å². The van der Waals surface area contributed by atoms with E-state index in [-0.39, 0.29) is 0 Å². The summed E-state index contributed by atoms with van der Waals surface area (Å²) in [6.45, 7) is 5.77. The van der Waals surface area contributed by atoms with E-state index in [1.54, 1.807) is 12.1 Å². The maximum atomic E-state index is 6.30. The average Bonchev–Trinajstić information content (AvgIpc) is 2.55. The molecule has 0 aromatic heterocycles. The van der Waals surface area contributed by atoms with Crippen LogP contribution in [0.15, 0.2) is 18.2 Å². The number of halogens is 2. The van der Waals surface area contributed by atoms with Crippen molar-refractivity contribution < 1.29 is 9.47 Å². The number of ether oxygens (including phenoxy) is 2. The van der Waals surface area contributed by atoms with Gasteiger partial charge >= 0.3 is 0 Å². The minimum atomic E-state index is -0.426. The van der Waals surface area contributed by atoms with Gasteiger partial charge in [-0.05, 0) is 31.0 Å². The molecule has 2 nitrogen and oxygen atoms in total. The van der Waals surface area contributed by atoms with Crippen molar-refractivity contribution in [2.75, 3.05) is 13.2 Å². The molecule has 0 saturated heterocycles. The molecule has 0 radical (unpaired) electrons. The molecule has 0 aliphatic rings. The van der Waals surface area contributed by atoms with Gasteiger partial charge in [-0.15, -0.1) is 0 Å². The minimum Gasteiger partial charge on any atom is -0.348 e. The third-order valence-electron chi connectivity index (χ3n) is 3.75. The van der Waals surface area contributed by atoms with Crippen molar-refractivity contribution in [1.82, 2.24) is 0 Å². The molecule has 0 atom stereocenters. The van der Waals surface area contributed by atoms with Gasteiger partial charge in [0.2, 0.25) is 0 Å². The summed E-state index contributed by atoms with van der Waals surface area (Å²) in [5.74, 6) is 0. The van der Waals surface area contributed by atoms with Crippen LogP contribution in [0.2, 0.25) is 10.0 Å². The predicted molar refractivity (Wildman–Crippen MR) is 99.4 cm³/mol. The molecule has 132 valence electrons. The van der Waals surface area contributed by atoms with Crippen LogP contribution in [0.1, 0.15) is 77.1 Å². The van der Waals surface area contributed by atoms with Crippen LogP contribution in [0.3, 0.4) is 0 Å². The molecule has 0 aliphatic heterocycles. The number of hydrogen-bond acceptors (Lipinski definition) is 2. The molecule has 4 heteroatoms. The maximum absolute atomic E-state index is 6.30. The van der Waals surface area contributed by atoms with Crippen LogP contribution in [0.5, 0.6) is 0 Å². The van der Waals surface area contributed by atoms with Gasteiger partial charge in [0.15, 0.2) is 6.29 Å². The number of benzene rings is 1. The molecule has 0 unspecified atom stereocenters.